The van der Waals surface area contributed by atoms with Crippen LogP contribution in [-0.2, 0) is 10.0 Å². The molecule has 0 amide bonds. The first-order valence-corrected chi connectivity index (χ1v) is 12.5. The van der Waals surface area contributed by atoms with Crippen LogP contribution in [0.25, 0.3) is 10.2 Å². The van der Waals surface area contributed by atoms with E-state index in [-0.39, 0.29) is 10.8 Å². The van der Waals surface area contributed by atoms with Gasteiger partial charge in [0.15, 0.2) is 11.5 Å². The number of hydrogen-bond donors (Lipinski definition) is 0. The number of nitrogens with zero attached hydrogens (tertiary/aromatic N) is 2. The van der Waals surface area contributed by atoms with E-state index >= 15 is 0 Å². The largest absolute Gasteiger partial charge is 0.490 e. The van der Waals surface area contributed by atoms with Crippen molar-refractivity contribution in [2.45, 2.75) is 37.5 Å². The summed E-state index contributed by atoms with van der Waals surface area (Å²) in [5.74, 6) is 1.13. The molecule has 1 atom stereocenters. The van der Waals surface area contributed by atoms with Gasteiger partial charge >= 0.3 is 0 Å². The maximum Gasteiger partial charge on any atom is 0.243 e. The third-order valence-corrected chi connectivity index (χ3v) is 8.26. The normalized spacial score (nSPS) is 17.9. The second-order valence-corrected chi connectivity index (χ2v) is 10.2. The van der Waals surface area contributed by atoms with Crippen molar-refractivity contribution >= 4 is 31.6 Å². The minimum Gasteiger partial charge on any atom is -0.490 e. The van der Waals surface area contributed by atoms with Crippen molar-refractivity contribution in [2.75, 3.05) is 26.3 Å². The summed E-state index contributed by atoms with van der Waals surface area (Å²) in [6.07, 6.45) is 1.76. The Bertz CT molecular complexity index is 1090. The summed E-state index contributed by atoms with van der Waals surface area (Å²) in [5.41, 5.74) is 0.977. The number of aromatic nitrogens is 1. The van der Waals surface area contributed by atoms with Gasteiger partial charge in [-0.25, -0.2) is 13.4 Å². The second-order valence-electron chi connectivity index (χ2n) is 7.20. The zero-order valence-corrected chi connectivity index (χ0v) is 18.8. The van der Waals surface area contributed by atoms with Gasteiger partial charge in [-0.15, -0.1) is 11.3 Å². The standard InChI is InChI=1S/C22H26N2O4S2/c1-3-27-19-12-11-17(14-20(19)28-4-2)30(25,26)24-13-7-8-16(15-24)22-23-18-9-5-6-10-21(18)29-22/h5-6,9-12,14,16H,3-4,7-8,13,15H2,1-2H3. The van der Waals surface area contributed by atoms with Crippen molar-refractivity contribution in [2.24, 2.45) is 0 Å². The molecule has 8 heteroatoms. The van der Waals surface area contributed by atoms with E-state index < -0.39 is 10.0 Å². The Hall–Kier alpha value is -2.16. The van der Waals surface area contributed by atoms with Crippen molar-refractivity contribution in [3.63, 3.8) is 0 Å². The van der Waals surface area contributed by atoms with Gasteiger partial charge in [0, 0.05) is 25.1 Å². The van der Waals surface area contributed by atoms with Gasteiger partial charge in [-0.3, -0.25) is 0 Å². The Morgan fingerprint density at radius 2 is 1.87 bits per heavy atom. The Morgan fingerprint density at radius 3 is 2.63 bits per heavy atom. The predicted molar refractivity (Wildman–Crippen MR) is 119 cm³/mol. The summed E-state index contributed by atoms with van der Waals surface area (Å²) in [6.45, 7) is 5.63. The number of benzene rings is 2. The van der Waals surface area contributed by atoms with Crippen LogP contribution in [0.15, 0.2) is 47.4 Å². The fourth-order valence-corrected chi connectivity index (χ4v) is 6.40. The van der Waals surface area contributed by atoms with Gasteiger partial charge in [-0.1, -0.05) is 12.1 Å². The summed E-state index contributed by atoms with van der Waals surface area (Å²) < 4.78 is 40.7. The summed E-state index contributed by atoms with van der Waals surface area (Å²) >= 11 is 1.66. The minimum atomic E-state index is -3.63. The Kier molecular flexibility index (Phi) is 6.26. The Labute approximate surface area is 181 Å². The number of hydrogen-bond acceptors (Lipinski definition) is 6. The van der Waals surface area contributed by atoms with Crippen LogP contribution in [0.3, 0.4) is 0 Å². The fraction of sp³-hybridized carbons (Fsp3) is 0.409. The number of fused-ring (bicyclic) bond motifs is 1. The van der Waals surface area contributed by atoms with E-state index in [1.54, 1.807) is 33.8 Å². The maximum atomic E-state index is 13.4. The van der Waals surface area contributed by atoms with E-state index in [0.717, 1.165) is 28.1 Å². The number of sulfonamides is 1. The van der Waals surface area contributed by atoms with Crippen LogP contribution < -0.4 is 9.47 Å². The zero-order valence-electron chi connectivity index (χ0n) is 17.2. The van der Waals surface area contributed by atoms with E-state index in [4.69, 9.17) is 14.5 Å². The molecule has 1 unspecified atom stereocenters. The summed E-state index contributed by atoms with van der Waals surface area (Å²) in [5, 5.41) is 1.01. The molecule has 6 nitrogen and oxygen atoms in total. The summed E-state index contributed by atoms with van der Waals surface area (Å²) in [6, 6.07) is 12.9. The van der Waals surface area contributed by atoms with Gasteiger partial charge in [-0.05, 0) is 51.0 Å². The molecule has 0 saturated carbocycles. The number of ether oxygens (including phenoxy) is 2. The molecule has 0 spiro atoms. The smallest absolute Gasteiger partial charge is 0.243 e. The first-order chi connectivity index (χ1) is 14.5. The predicted octanol–water partition coefficient (Wildman–Crippen LogP) is 4.66. The van der Waals surface area contributed by atoms with Crippen LogP contribution >= 0.6 is 11.3 Å². The van der Waals surface area contributed by atoms with Crippen molar-refractivity contribution in [3.8, 4) is 11.5 Å². The highest BCUT2D eigenvalue weighted by Gasteiger charge is 2.32. The molecule has 1 aromatic heterocycles. The van der Waals surface area contributed by atoms with Gasteiger partial charge in [0.05, 0.1) is 33.3 Å². The fourth-order valence-electron chi connectivity index (χ4n) is 3.77. The average Bonchev–Trinajstić information content (AvgIpc) is 3.20. The maximum absolute atomic E-state index is 13.4. The Morgan fingerprint density at radius 1 is 1.10 bits per heavy atom. The van der Waals surface area contributed by atoms with E-state index in [1.165, 1.54) is 0 Å². The van der Waals surface area contributed by atoms with Crippen LogP contribution in [0.5, 0.6) is 11.5 Å². The molecule has 0 radical (unpaired) electrons. The molecule has 2 aromatic carbocycles. The molecule has 160 valence electrons. The van der Waals surface area contributed by atoms with Crippen LogP contribution in [0.1, 0.15) is 37.6 Å². The van der Waals surface area contributed by atoms with Gasteiger partial charge in [-0.2, -0.15) is 4.31 Å². The van der Waals surface area contributed by atoms with Crippen molar-refractivity contribution in [1.82, 2.24) is 9.29 Å². The van der Waals surface area contributed by atoms with Gasteiger partial charge < -0.3 is 9.47 Å². The molecule has 1 fully saturated rings. The topological polar surface area (TPSA) is 68.7 Å². The van der Waals surface area contributed by atoms with Crippen LogP contribution in [-0.4, -0.2) is 44.0 Å². The van der Waals surface area contributed by atoms with E-state index in [1.807, 2.05) is 32.0 Å². The zero-order chi connectivity index (χ0) is 21.1. The molecule has 4 rings (SSSR count). The quantitative estimate of drug-likeness (QED) is 0.528. The minimum absolute atomic E-state index is 0.111. The number of thiazole rings is 1. The Balaban J connectivity index is 1.59. The van der Waals surface area contributed by atoms with Crippen LogP contribution in [0, 0.1) is 0 Å². The third-order valence-electron chi connectivity index (χ3n) is 5.20. The molecular weight excluding hydrogens is 420 g/mol. The van der Waals surface area contributed by atoms with E-state index in [0.29, 0.717) is 37.8 Å². The first-order valence-electron chi connectivity index (χ1n) is 10.3. The molecule has 30 heavy (non-hydrogen) atoms. The number of rotatable bonds is 7. The highest BCUT2D eigenvalue weighted by molar-refractivity contribution is 7.89. The molecule has 0 N–H and O–H groups in total. The number of para-hydroxylation sites is 1. The molecule has 2 heterocycles. The van der Waals surface area contributed by atoms with Gasteiger partial charge in [0.1, 0.15) is 0 Å². The first kappa shape index (κ1) is 21.1. The van der Waals surface area contributed by atoms with E-state index in [9.17, 15) is 8.42 Å². The number of piperidine rings is 1. The van der Waals surface area contributed by atoms with Crippen molar-refractivity contribution < 1.29 is 17.9 Å². The monoisotopic (exact) mass is 446 g/mol. The van der Waals surface area contributed by atoms with Crippen molar-refractivity contribution in [3.05, 3.63) is 47.5 Å². The lowest BCUT2D eigenvalue weighted by molar-refractivity contribution is 0.286. The highest BCUT2D eigenvalue weighted by Crippen LogP contribution is 2.36. The van der Waals surface area contributed by atoms with Crippen molar-refractivity contribution in [1.29, 1.82) is 0 Å². The molecule has 1 saturated heterocycles. The molecular formula is C22H26N2O4S2. The van der Waals surface area contributed by atoms with Crippen LogP contribution in [0.2, 0.25) is 0 Å². The lowest BCUT2D eigenvalue weighted by Crippen LogP contribution is -2.39. The molecule has 3 aromatic rings. The van der Waals surface area contributed by atoms with Crippen LogP contribution in [0.4, 0.5) is 0 Å². The molecule has 0 aliphatic carbocycles. The third kappa shape index (κ3) is 4.17. The summed E-state index contributed by atoms with van der Waals surface area (Å²) in [4.78, 5) is 4.99. The van der Waals surface area contributed by atoms with Gasteiger partial charge in [0.2, 0.25) is 10.0 Å². The molecule has 0 bridgehead atoms. The molecule has 1 aliphatic heterocycles. The lowest BCUT2D eigenvalue weighted by Gasteiger charge is -2.31. The second kappa shape index (κ2) is 8.91. The SMILES string of the molecule is CCOc1ccc(S(=O)(=O)N2CCCC(c3nc4ccccc4s3)C2)cc1OCC. The highest BCUT2D eigenvalue weighted by atomic mass is 32.2. The van der Waals surface area contributed by atoms with E-state index in [2.05, 4.69) is 6.07 Å². The average molecular weight is 447 g/mol. The summed E-state index contributed by atoms with van der Waals surface area (Å²) in [7, 11) is -3.63. The lowest BCUT2D eigenvalue weighted by atomic mass is 10.0. The molecule has 1 aliphatic rings. The van der Waals surface area contributed by atoms with Gasteiger partial charge in [0.25, 0.3) is 0 Å².